The lowest BCUT2D eigenvalue weighted by Crippen LogP contribution is -2.17. The van der Waals surface area contributed by atoms with Gasteiger partial charge in [0.25, 0.3) is 0 Å². The summed E-state index contributed by atoms with van der Waals surface area (Å²) in [5, 5.41) is 0. The number of imidazole rings is 1. The van der Waals surface area contributed by atoms with E-state index in [1.54, 1.807) is 0 Å². The van der Waals surface area contributed by atoms with Crippen molar-refractivity contribution in [2.75, 3.05) is 5.73 Å². The second-order valence-corrected chi connectivity index (χ2v) is 4.22. The number of anilines is 1. The second-order valence-electron chi connectivity index (χ2n) is 4.22. The molecule has 0 aliphatic carbocycles. The molecule has 0 unspecified atom stereocenters. The summed E-state index contributed by atoms with van der Waals surface area (Å²) in [5.74, 6) is 1.80. The van der Waals surface area contributed by atoms with Crippen molar-refractivity contribution in [2.24, 2.45) is 7.05 Å². The predicted octanol–water partition coefficient (Wildman–Crippen LogP) is 1.61. The molecule has 3 heteroatoms. The standard InChI is InChI=1S/C9H17N3/c1-6-7(10)12(5)8(11-6)9(2,3)4/h10H2,1-5H3. The van der Waals surface area contributed by atoms with Crippen molar-refractivity contribution in [2.45, 2.75) is 33.1 Å². The SMILES string of the molecule is Cc1nc(C(C)(C)C)n(C)c1N. The third kappa shape index (κ3) is 1.31. The highest BCUT2D eigenvalue weighted by atomic mass is 15.1. The fourth-order valence-corrected chi connectivity index (χ4v) is 1.32. The van der Waals surface area contributed by atoms with Gasteiger partial charge >= 0.3 is 0 Å². The van der Waals surface area contributed by atoms with Crippen molar-refractivity contribution in [3.8, 4) is 0 Å². The maximum Gasteiger partial charge on any atom is 0.126 e. The molecule has 1 aromatic heterocycles. The lowest BCUT2D eigenvalue weighted by Gasteiger charge is -2.17. The molecule has 1 rings (SSSR count). The lowest BCUT2D eigenvalue weighted by atomic mass is 9.96. The van der Waals surface area contributed by atoms with E-state index < -0.39 is 0 Å². The Bertz CT molecular complexity index is 291. The van der Waals surface area contributed by atoms with Crippen LogP contribution >= 0.6 is 0 Å². The summed E-state index contributed by atoms with van der Waals surface area (Å²) in [5.41, 5.74) is 6.79. The van der Waals surface area contributed by atoms with Crippen molar-refractivity contribution in [1.82, 2.24) is 9.55 Å². The molecule has 0 saturated heterocycles. The van der Waals surface area contributed by atoms with Gasteiger partial charge in [-0.1, -0.05) is 20.8 Å². The van der Waals surface area contributed by atoms with Crippen LogP contribution in [-0.4, -0.2) is 9.55 Å². The molecule has 2 N–H and O–H groups in total. The highest BCUT2D eigenvalue weighted by Gasteiger charge is 2.21. The van der Waals surface area contributed by atoms with Gasteiger partial charge in [-0.2, -0.15) is 0 Å². The van der Waals surface area contributed by atoms with Crippen LogP contribution in [0.25, 0.3) is 0 Å². The zero-order valence-electron chi connectivity index (χ0n) is 8.47. The Morgan fingerprint density at radius 1 is 1.33 bits per heavy atom. The van der Waals surface area contributed by atoms with Crippen molar-refractivity contribution in [1.29, 1.82) is 0 Å². The number of nitrogens with two attached hydrogens (primary N) is 1. The molecule has 0 radical (unpaired) electrons. The summed E-state index contributed by atoms with van der Waals surface area (Å²) in [7, 11) is 1.95. The summed E-state index contributed by atoms with van der Waals surface area (Å²) in [6, 6.07) is 0. The molecule has 12 heavy (non-hydrogen) atoms. The predicted molar refractivity (Wildman–Crippen MR) is 51.1 cm³/mol. The van der Waals surface area contributed by atoms with Crippen molar-refractivity contribution in [3.63, 3.8) is 0 Å². The number of aromatic nitrogens is 2. The van der Waals surface area contributed by atoms with E-state index in [-0.39, 0.29) is 5.41 Å². The summed E-state index contributed by atoms with van der Waals surface area (Å²) >= 11 is 0. The maximum absolute atomic E-state index is 5.80. The molecule has 1 heterocycles. The van der Waals surface area contributed by atoms with Gasteiger partial charge in [0.05, 0.1) is 5.69 Å². The van der Waals surface area contributed by atoms with Crippen LogP contribution in [0.5, 0.6) is 0 Å². The molecular weight excluding hydrogens is 150 g/mol. The van der Waals surface area contributed by atoms with Crippen LogP contribution in [-0.2, 0) is 12.5 Å². The van der Waals surface area contributed by atoms with Crippen LogP contribution in [0.15, 0.2) is 0 Å². The number of aryl methyl sites for hydroxylation is 1. The first-order valence-corrected chi connectivity index (χ1v) is 4.13. The molecular formula is C9H17N3. The molecule has 3 nitrogen and oxygen atoms in total. The number of hydrogen-bond donors (Lipinski definition) is 1. The van der Waals surface area contributed by atoms with Gasteiger partial charge in [0.15, 0.2) is 0 Å². The van der Waals surface area contributed by atoms with E-state index in [1.807, 2.05) is 18.5 Å². The molecule has 0 bridgehead atoms. The molecule has 0 spiro atoms. The van der Waals surface area contributed by atoms with Crippen LogP contribution in [0, 0.1) is 6.92 Å². The highest BCUT2D eigenvalue weighted by molar-refractivity contribution is 5.38. The van der Waals surface area contributed by atoms with E-state index in [0.29, 0.717) is 0 Å². The first-order chi connectivity index (χ1) is 5.34. The van der Waals surface area contributed by atoms with Gasteiger partial charge in [0.1, 0.15) is 11.6 Å². The largest absolute Gasteiger partial charge is 0.384 e. The number of rotatable bonds is 0. The van der Waals surface area contributed by atoms with E-state index in [0.717, 1.165) is 17.3 Å². The molecule has 0 aliphatic rings. The van der Waals surface area contributed by atoms with Gasteiger partial charge in [0.2, 0.25) is 0 Å². The molecule has 0 fully saturated rings. The Balaban J connectivity index is 3.28. The zero-order chi connectivity index (χ0) is 9.52. The average molecular weight is 167 g/mol. The van der Waals surface area contributed by atoms with Crippen LogP contribution in [0.2, 0.25) is 0 Å². The number of hydrogen-bond acceptors (Lipinski definition) is 2. The van der Waals surface area contributed by atoms with Gasteiger partial charge in [0, 0.05) is 12.5 Å². The van der Waals surface area contributed by atoms with E-state index in [9.17, 15) is 0 Å². The highest BCUT2D eigenvalue weighted by Crippen LogP contribution is 2.23. The second kappa shape index (κ2) is 2.51. The van der Waals surface area contributed by atoms with Crippen LogP contribution < -0.4 is 5.73 Å². The van der Waals surface area contributed by atoms with Gasteiger partial charge in [-0.25, -0.2) is 4.98 Å². The summed E-state index contributed by atoms with van der Waals surface area (Å²) in [6.45, 7) is 8.33. The van der Waals surface area contributed by atoms with Gasteiger partial charge < -0.3 is 10.3 Å². The smallest absolute Gasteiger partial charge is 0.126 e. The van der Waals surface area contributed by atoms with Crippen LogP contribution in [0.4, 0.5) is 5.82 Å². The van der Waals surface area contributed by atoms with Crippen LogP contribution in [0.1, 0.15) is 32.3 Å². The maximum atomic E-state index is 5.80. The normalized spacial score (nSPS) is 12.1. The van der Waals surface area contributed by atoms with E-state index in [1.165, 1.54) is 0 Å². The monoisotopic (exact) mass is 167 g/mol. The van der Waals surface area contributed by atoms with E-state index in [4.69, 9.17) is 5.73 Å². The molecule has 1 aromatic rings. The molecule has 0 atom stereocenters. The Morgan fingerprint density at radius 3 is 2.00 bits per heavy atom. The van der Waals surface area contributed by atoms with E-state index >= 15 is 0 Å². The van der Waals surface area contributed by atoms with Crippen molar-refractivity contribution < 1.29 is 0 Å². The van der Waals surface area contributed by atoms with Gasteiger partial charge in [-0.3, -0.25) is 0 Å². The summed E-state index contributed by atoms with van der Waals surface area (Å²) in [4.78, 5) is 4.42. The van der Waals surface area contributed by atoms with E-state index in [2.05, 4.69) is 25.8 Å². The average Bonchev–Trinajstić information content (AvgIpc) is 2.15. The quantitative estimate of drug-likeness (QED) is 0.638. The number of nitrogens with zero attached hydrogens (tertiary/aromatic N) is 2. The summed E-state index contributed by atoms with van der Waals surface area (Å²) < 4.78 is 1.95. The third-order valence-electron chi connectivity index (χ3n) is 1.99. The first-order valence-electron chi connectivity index (χ1n) is 4.13. The molecule has 0 aromatic carbocycles. The fourth-order valence-electron chi connectivity index (χ4n) is 1.32. The molecule has 0 amide bonds. The molecule has 0 saturated carbocycles. The van der Waals surface area contributed by atoms with Crippen molar-refractivity contribution in [3.05, 3.63) is 11.5 Å². The Hall–Kier alpha value is -0.990. The molecule has 0 aliphatic heterocycles. The topological polar surface area (TPSA) is 43.8 Å². The Morgan fingerprint density at radius 2 is 1.83 bits per heavy atom. The van der Waals surface area contributed by atoms with Crippen LogP contribution in [0.3, 0.4) is 0 Å². The summed E-state index contributed by atoms with van der Waals surface area (Å²) in [6.07, 6.45) is 0. The minimum absolute atomic E-state index is 0.0666. The Labute approximate surface area is 73.6 Å². The first kappa shape index (κ1) is 9.10. The van der Waals surface area contributed by atoms with Crippen molar-refractivity contribution >= 4 is 5.82 Å². The minimum Gasteiger partial charge on any atom is -0.384 e. The zero-order valence-corrected chi connectivity index (χ0v) is 8.47. The Kier molecular flexibility index (Phi) is 1.90. The fraction of sp³-hybridized carbons (Fsp3) is 0.667. The molecule has 68 valence electrons. The number of nitrogen functional groups attached to an aromatic ring is 1. The minimum atomic E-state index is 0.0666. The van der Waals surface area contributed by atoms with Gasteiger partial charge in [-0.15, -0.1) is 0 Å². The third-order valence-corrected chi connectivity index (χ3v) is 1.99. The van der Waals surface area contributed by atoms with Gasteiger partial charge in [-0.05, 0) is 6.92 Å². The lowest BCUT2D eigenvalue weighted by molar-refractivity contribution is 0.523.